The maximum atomic E-state index is 13.1. The van der Waals surface area contributed by atoms with Crippen molar-refractivity contribution >= 4 is 33.2 Å². The van der Waals surface area contributed by atoms with Crippen LogP contribution in [0.2, 0.25) is 5.02 Å². The first-order valence-electron chi connectivity index (χ1n) is 5.18. The average Bonchev–Trinajstić information content (AvgIpc) is 2.34. The summed E-state index contributed by atoms with van der Waals surface area (Å²) in [4.78, 5) is 0. The van der Waals surface area contributed by atoms with Gasteiger partial charge in [0.1, 0.15) is 18.2 Å². The first-order chi connectivity index (χ1) is 8.58. The summed E-state index contributed by atoms with van der Waals surface area (Å²) >= 11 is 9.10. The van der Waals surface area contributed by atoms with Gasteiger partial charge in [-0.25, -0.2) is 4.39 Å². The first kappa shape index (κ1) is 13.2. The van der Waals surface area contributed by atoms with E-state index in [1.54, 1.807) is 0 Å². The second kappa shape index (κ2) is 5.59. The summed E-state index contributed by atoms with van der Waals surface area (Å²) < 4.78 is 19.6. The number of hydrogen-bond acceptors (Lipinski definition) is 2. The molecule has 0 saturated carbocycles. The van der Waals surface area contributed by atoms with Gasteiger partial charge in [0.05, 0.1) is 10.7 Å². The third kappa shape index (κ3) is 2.94. The Morgan fingerprint density at radius 1 is 1.28 bits per heavy atom. The smallest absolute Gasteiger partial charge is 0.144 e. The highest BCUT2D eigenvalue weighted by atomic mass is 79.9. The number of hydrogen-bond donors (Lipinski definition) is 1. The first-order valence-corrected chi connectivity index (χ1v) is 6.35. The van der Waals surface area contributed by atoms with E-state index in [4.69, 9.17) is 22.1 Å². The SMILES string of the molecule is Nc1cc(F)c(Cl)cc1OCc1ccccc1Br. The molecule has 2 N–H and O–H groups in total. The Hall–Kier alpha value is -1.26. The van der Waals surface area contributed by atoms with Crippen molar-refractivity contribution in [2.75, 3.05) is 5.73 Å². The third-order valence-electron chi connectivity index (χ3n) is 2.39. The Bertz CT molecular complexity index is 577. The number of nitrogen functional groups attached to an aromatic ring is 1. The summed E-state index contributed by atoms with van der Waals surface area (Å²) in [5.41, 5.74) is 6.85. The highest BCUT2D eigenvalue weighted by Crippen LogP contribution is 2.29. The maximum absolute atomic E-state index is 13.1. The van der Waals surface area contributed by atoms with Crippen LogP contribution >= 0.6 is 27.5 Å². The Morgan fingerprint density at radius 3 is 2.72 bits per heavy atom. The van der Waals surface area contributed by atoms with Crippen LogP contribution in [0.5, 0.6) is 5.75 Å². The summed E-state index contributed by atoms with van der Waals surface area (Å²) in [5.74, 6) is -0.181. The van der Waals surface area contributed by atoms with Crippen LogP contribution < -0.4 is 10.5 Å². The molecule has 2 rings (SSSR count). The van der Waals surface area contributed by atoms with Crippen molar-refractivity contribution in [1.82, 2.24) is 0 Å². The number of halogens is 3. The van der Waals surface area contributed by atoms with Crippen molar-refractivity contribution in [2.24, 2.45) is 0 Å². The lowest BCUT2D eigenvalue weighted by Gasteiger charge is -2.10. The van der Waals surface area contributed by atoms with Gasteiger partial charge in [-0.1, -0.05) is 45.7 Å². The molecule has 18 heavy (non-hydrogen) atoms. The molecule has 0 aliphatic rings. The van der Waals surface area contributed by atoms with Crippen molar-refractivity contribution < 1.29 is 9.13 Å². The van der Waals surface area contributed by atoms with Crippen molar-refractivity contribution in [3.63, 3.8) is 0 Å². The molecule has 2 aromatic carbocycles. The molecule has 0 unspecified atom stereocenters. The molecule has 0 saturated heterocycles. The molecule has 0 amide bonds. The van der Waals surface area contributed by atoms with Crippen LogP contribution in [0.15, 0.2) is 40.9 Å². The Balaban J connectivity index is 2.16. The standard InChI is InChI=1S/C13H10BrClFNO/c14-9-4-2-1-3-8(9)7-18-13-5-10(15)11(16)6-12(13)17/h1-6H,7,17H2. The van der Waals surface area contributed by atoms with Crippen molar-refractivity contribution in [1.29, 1.82) is 0 Å². The maximum Gasteiger partial charge on any atom is 0.144 e. The molecule has 0 fully saturated rings. The van der Waals surface area contributed by atoms with Crippen molar-refractivity contribution in [3.8, 4) is 5.75 Å². The second-order valence-corrected chi connectivity index (χ2v) is 4.95. The molecule has 0 atom stereocenters. The molecule has 0 radical (unpaired) electrons. The monoisotopic (exact) mass is 329 g/mol. The quantitative estimate of drug-likeness (QED) is 0.846. The van der Waals surface area contributed by atoms with Crippen LogP contribution in [0.4, 0.5) is 10.1 Å². The van der Waals surface area contributed by atoms with Gasteiger partial charge in [-0.15, -0.1) is 0 Å². The summed E-state index contributed by atoms with van der Waals surface area (Å²) in [7, 11) is 0. The van der Waals surface area contributed by atoms with Crippen LogP contribution in [-0.4, -0.2) is 0 Å². The second-order valence-electron chi connectivity index (χ2n) is 3.68. The van der Waals surface area contributed by atoms with Crippen LogP contribution in [0.3, 0.4) is 0 Å². The van der Waals surface area contributed by atoms with Crippen LogP contribution in [0.1, 0.15) is 5.56 Å². The molecule has 0 heterocycles. The zero-order valence-electron chi connectivity index (χ0n) is 9.29. The largest absolute Gasteiger partial charge is 0.487 e. The highest BCUT2D eigenvalue weighted by molar-refractivity contribution is 9.10. The van der Waals surface area contributed by atoms with Crippen molar-refractivity contribution in [2.45, 2.75) is 6.61 Å². The van der Waals surface area contributed by atoms with Crippen LogP contribution in [0.25, 0.3) is 0 Å². The normalized spacial score (nSPS) is 10.4. The lowest BCUT2D eigenvalue weighted by molar-refractivity contribution is 0.307. The minimum atomic E-state index is -0.553. The number of anilines is 1. The van der Waals surface area contributed by atoms with E-state index >= 15 is 0 Å². The van der Waals surface area contributed by atoms with E-state index in [1.165, 1.54) is 6.07 Å². The number of nitrogens with two attached hydrogens (primary N) is 1. The third-order valence-corrected chi connectivity index (χ3v) is 3.46. The predicted octanol–water partition coefficient (Wildman–Crippen LogP) is 4.40. The number of benzene rings is 2. The molecule has 94 valence electrons. The van der Waals surface area contributed by atoms with E-state index in [-0.39, 0.29) is 10.7 Å². The molecule has 0 spiro atoms. The van der Waals surface area contributed by atoms with Gasteiger partial charge < -0.3 is 10.5 Å². The van der Waals surface area contributed by atoms with Gasteiger partial charge in [0, 0.05) is 22.2 Å². The van der Waals surface area contributed by atoms with Crippen molar-refractivity contribution in [3.05, 3.63) is 57.3 Å². The minimum Gasteiger partial charge on any atom is -0.487 e. The van der Waals surface area contributed by atoms with Crippen LogP contribution in [0, 0.1) is 5.82 Å². The van der Waals surface area contributed by atoms with E-state index in [2.05, 4.69) is 15.9 Å². The molecule has 0 aromatic heterocycles. The summed E-state index contributed by atoms with van der Waals surface area (Å²) in [6, 6.07) is 10.2. The van der Waals surface area contributed by atoms with Gasteiger partial charge in [-0.05, 0) is 6.07 Å². The van der Waals surface area contributed by atoms with Gasteiger partial charge in [-0.2, -0.15) is 0 Å². The van der Waals surface area contributed by atoms with Gasteiger partial charge in [-0.3, -0.25) is 0 Å². The fourth-order valence-electron chi connectivity index (χ4n) is 1.44. The minimum absolute atomic E-state index is 0.00803. The molecule has 0 aliphatic carbocycles. The molecule has 0 bridgehead atoms. The Morgan fingerprint density at radius 2 is 2.00 bits per heavy atom. The molecule has 2 aromatic rings. The van der Waals surface area contributed by atoms with E-state index in [9.17, 15) is 4.39 Å². The van der Waals surface area contributed by atoms with Crippen LogP contribution in [-0.2, 0) is 6.61 Å². The lowest BCUT2D eigenvalue weighted by atomic mass is 10.2. The van der Waals surface area contributed by atoms with E-state index in [0.29, 0.717) is 12.4 Å². The topological polar surface area (TPSA) is 35.2 Å². The summed E-state index contributed by atoms with van der Waals surface area (Å²) in [5, 5.41) is -0.00803. The molecule has 0 aliphatic heterocycles. The summed E-state index contributed by atoms with van der Waals surface area (Å²) in [6.45, 7) is 0.327. The molecular weight excluding hydrogens is 321 g/mol. The number of ether oxygens (including phenoxy) is 1. The van der Waals surface area contributed by atoms with E-state index in [0.717, 1.165) is 16.1 Å². The summed E-state index contributed by atoms with van der Waals surface area (Å²) in [6.07, 6.45) is 0. The zero-order valence-corrected chi connectivity index (χ0v) is 11.6. The van der Waals surface area contributed by atoms with Gasteiger partial charge in [0.25, 0.3) is 0 Å². The van der Waals surface area contributed by atoms with E-state index < -0.39 is 5.82 Å². The molecular formula is C13H10BrClFNO. The highest BCUT2D eigenvalue weighted by Gasteiger charge is 2.08. The lowest BCUT2D eigenvalue weighted by Crippen LogP contribution is -2.00. The Labute approximate surface area is 118 Å². The van der Waals surface area contributed by atoms with Gasteiger partial charge >= 0.3 is 0 Å². The zero-order chi connectivity index (χ0) is 13.1. The predicted molar refractivity (Wildman–Crippen MR) is 74.3 cm³/mol. The average molecular weight is 331 g/mol. The fraction of sp³-hybridized carbons (Fsp3) is 0.0769. The molecule has 5 heteroatoms. The van der Waals surface area contributed by atoms with Gasteiger partial charge in [0.2, 0.25) is 0 Å². The number of rotatable bonds is 3. The van der Waals surface area contributed by atoms with E-state index in [1.807, 2.05) is 24.3 Å². The Kier molecular flexibility index (Phi) is 4.09. The fourth-order valence-corrected chi connectivity index (χ4v) is 1.99. The molecule has 2 nitrogen and oxygen atoms in total. The van der Waals surface area contributed by atoms with Gasteiger partial charge in [0.15, 0.2) is 0 Å².